The number of hydrogen-bond acceptors (Lipinski definition) is 10. The van der Waals surface area contributed by atoms with Crippen LogP contribution >= 0.6 is 0 Å². The van der Waals surface area contributed by atoms with Gasteiger partial charge in [0, 0.05) is 37.9 Å². The third-order valence-electron chi connectivity index (χ3n) is 7.95. The Bertz CT molecular complexity index is 1340. The number of nitrogens with one attached hydrogen (secondary N) is 3. The standard InChI is InChI=1S/C31H49N9O4/c1-20(2)39(16-8-15-34-30(43)38-22-11-9-21(10-12-22)31(3,4)5)17-23-25(41)26(42)29(44-23)40-19-37-24-27(33-14-7-6-13-32)35-18-36-28(24)40/h9-12,18-20,23,25-26,29,41-42H,6-8,13-17,32H2,1-5H3,(H,33,35,36)(H2,34,38,43)/t23-,25-,26-,29-/m1/s1. The van der Waals surface area contributed by atoms with Crippen LogP contribution < -0.4 is 21.7 Å². The van der Waals surface area contributed by atoms with Crippen LogP contribution in [-0.4, -0.2) is 97.7 Å². The van der Waals surface area contributed by atoms with Gasteiger partial charge < -0.3 is 36.6 Å². The molecule has 3 heterocycles. The van der Waals surface area contributed by atoms with E-state index in [1.807, 2.05) is 24.3 Å². The fourth-order valence-electron chi connectivity index (χ4n) is 5.26. The third kappa shape index (κ3) is 8.42. The summed E-state index contributed by atoms with van der Waals surface area (Å²) in [5.74, 6) is 0.599. The Balaban J connectivity index is 1.29. The molecule has 0 aliphatic carbocycles. The zero-order valence-electron chi connectivity index (χ0n) is 26.5. The van der Waals surface area contributed by atoms with Crippen molar-refractivity contribution in [2.24, 2.45) is 5.73 Å². The summed E-state index contributed by atoms with van der Waals surface area (Å²) in [6.07, 6.45) is 1.78. The Morgan fingerprint density at radius 2 is 1.82 bits per heavy atom. The number of fused-ring (bicyclic) bond motifs is 1. The predicted octanol–water partition coefficient (Wildman–Crippen LogP) is 2.82. The first-order chi connectivity index (χ1) is 21.0. The molecule has 0 unspecified atom stereocenters. The number of aliphatic hydroxyl groups excluding tert-OH is 2. The van der Waals surface area contributed by atoms with Crippen LogP contribution in [-0.2, 0) is 10.2 Å². The molecule has 7 N–H and O–H groups in total. The number of carbonyl (C=O) groups excluding carboxylic acids is 1. The number of aromatic nitrogens is 4. The summed E-state index contributed by atoms with van der Waals surface area (Å²) in [5.41, 5.74) is 8.66. The van der Waals surface area contributed by atoms with E-state index in [9.17, 15) is 15.0 Å². The minimum atomic E-state index is -1.16. The highest BCUT2D eigenvalue weighted by Crippen LogP contribution is 2.33. The van der Waals surface area contributed by atoms with Gasteiger partial charge in [0.05, 0.1) is 6.33 Å². The molecule has 1 aliphatic heterocycles. The SMILES string of the molecule is CC(C)N(CCCNC(=O)Nc1ccc(C(C)(C)C)cc1)C[C@H]1O[C@@H](n2cnc3c(NCCCCN)ncnc32)[C@H](O)[C@@H]1O. The summed E-state index contributed by atoms with van der Waals surface area (Å²) in [6.45, 7) is 13.5. The van der Waals surface area contributed by atoms with Crippen molar-refractivity contribution in [2.45, 2.75) is 89.9 Å². The van der Waals surface area contributed by atoms with Crippen LogP contribution in [0.1, 0.15) is 65.7 Å². The van der Waals surface area contributed by atoms with Gasteiger partial charge in [0.2, 0.25) is 0 Å². The van der Waals surface area contributed by atoms with Gasteiger partial charge in [-0.3, -0.25) is 9.47 Å². The lowest BCUT2D eigenvalue weighted by Gasteiger charge is -2.30. The molecule has 0 bridgehead atoms. The Labute approximate surface area is 259 Å². The van der Waals surface area contributed by atoms with Gasteiger partial charge >= 0.3 is 6.03 Å². The Hall–Kier alpha value is -3.36. The van der Waals surface area contributed by atoms with Gasteiger partial charge in [-0.25, -0.2) is 19.7 Å². The quantitative estimate of drug-likeness (QED) is 0.149. The van der Waals surface area contributed by atoms with Crippen LogP contribution in [0, 0.1) is 0 Å². The predicted molar refractivity (Wildman–Crippen MR) is 172 cm³/mol. The van der Waals surface area contributed by atoms with Gasteiger partial charge in [0.25, 0.3) is 0 Å². The fourth-order valence-corrected chi connectivity index (χ4v) is 5.26. The molecule has 1 aromatic carbocycles. The highest BCUT2D eigenvalue weighted by molar-refractivity contribution is 5.89. The van der Waals surface area contributed by atoms with Crippen molar-refractivity contribution in [1.82, 2.24) is 29.7 Å². The highest BCUT2D eigenvalue weighted by atomic mass is 16.6. The number of anilines is 2. The lowest BCUT2D eigenvalue weighted by Crippen LogP contribution is -2.44. The number of ether oxygens (including phenoxy) is 1. The number of hydrogen-bond donors (Lipinski definition) is 6. The van der Waals surface area contributed by atoms with Crippen LogP contribution in [0.4, 0.5) is 16.3 Å². The molecule has 4 rings (SSSR count). The normalized spacial score (nSPS) is 20.5. The Morgan fingerprint density at radius 3 is 2.50 bits per heavy atom. The van der Waals surface area contributed by atoms with E-state index in [1.165, 1.54) is 11.9 Å². The maximum Gasteiger partial charge on any atom is 0.319 e. The highest BCUT2D eigenvalue weighted by Gasteiger charge is 2.45. The summed E-state index contributed by atoms with van der Waals surface area (Å²) < 4.78 is 7.87. The molecule has 1 saturated heterocycles. The first-order valence-corrected chi connectivity index (χ1v) is 15.5. The number of aliphatic hydroxyl groups is 2. The molecule has 44 heavy (non-hydrogen) atoms. The molecule has 3 aromatic rings. The molecule has 0 radical (unpaired) electrons. The second-order valence-corrected chi connectivity index (χ2v) is 12.7. The van der Waals surface area contributed by atoms with Crippen LogP contribution in [0.3, 0.4) is 0 Å². The monoisotopic (exact) mass is 611 g/mol. The van der Waals surface area contributed by atoms with E-state index in [2.05, 4.69) is 70.4 Å². The maximum atomic E-state index is 12.4. The first-order valence-electron chi connectivity index (χ1n) is 15.5. The van der Waals surface area contributed by atoms with Crippen molar-refractivity contribution in [1.29, 1.82) is 0 Å². The Morgan fingerprint density at radius 1 is 1.07 bits per heavy atom. The third-order valence-corrected chi connectivity index (χ3v) is 7.95. The summed E-state index contributed by atoms with van der Waals surface area (Å²) in [6, 6.07) is 7.79. The Kier molecular flexibility index (Phi) is 11.5. The zero-order valence-corrected chi connectivity index (χ0v) is 26.5. The van der Waals surface area contributed by atoms with Gasteiger partial charge in [-0.05, 0) is 62.8 Å². The second-order valence-electron chi connectivity index (χ2n) is 12.7. The van der Waals surface area contributed by atoms with Crippen LogP contribution in [0.2, 0.25) is 0 Å². The zero-order chi connectivity index (χ0) is 31.9. The van der Waals surface area contributed by atoms with Gasteiger partial charge in [0.1, 0.15) is 24.6 Å². The van der Waals surface area contributed by atoms with Gasteiger partial charge in [0.15, 0.2) is 23.2 Å². The molecule has 2 amide bonds. The fraction of sp³-hybridized carbons (Fsp3) is 0.613. The number of nitrogens with two attached hydrogens (primary N) is 1. The van der Waals surface area contributed by atoms with Crippen molar-refractivity contribution in [3.05, 3.63) is 42.5 Å². The maximum absolute atomic E-state index is 12.4. The summed E-state index contributed by atoms with van der Waals surface area (Å²) in [4.78, 5) is 27.8. The lowest BCUT2D eigenvalue weighted by molar-refractivity contribution is -0.0468. The van der Waals surface area contributed by atoms with Crippen LogP contribution in [0.25, 0.3) is 11.2 Å². The minimum absolute atomic E-state index is 0.0521. The molecular formula is C31H49N9O4. The number of amides is 2. The van der Waals surface area contributed by atoms with E-state index in [-0.39, 0.29) is 17.5 Å². The van der Waals surface area contributed by atoms with Gasteiger partial charge in [-0.2, -0.15) is 0 Å². The number of unbranched alkanes of at least 4 members (excludes halogenated alkanes) is 1. The molecule has 13 nitrogen and oxygen atoms in total. The van der Waals surface area contributed by atoms with Crippen molar-refractivity contribution in [3.63, 3.8) is 0 Å². The van der Waals surface area contributed by atoms with Crippen molar-refractivity contribution >= 4 is 28.7 Å². The number of imidazole rings is 1. The van der Waals surface area contributed by atoms with E-state index in [0.717, 1.165) is 18.5 Å². The average Bonchev–Trinajstić information content (AvgIpc) is 3.53. The molecular weight excluding hydrogens is 562 g/mol. The molecule has 0 saturated carbocycles. The van der Waals surface area contributed by atoms with E-state index in [4.69, 9.17) is 10.5 Å². The first kappa shape index (κ1) is 33.5. The van der Waals surface area contributed by atoms with Crippen molar-refractivity contribution in [2.75, 3.05) is 43.4 Å². The van der Waals surface area contributed by atoms with E-state index >= 15 is 0 Å². The molecule has 1 aliphatic rings. The molecule has 4 atom stereocenters. The lowest BCUT2D eigenvalue weighted by atomic mass is 9.87. The molecule has 1 fully saturated rings. The molecule has 13 heteroatoms. The van der Waals surface area contributed by atoms with Crippen molar-refractivity contribution in [3.8, 4) is 0 Å². The molecule has 242 valence electrons. The van der Waals surface area contributed by atoms with E-state index in [0.29, 0.717) is 56.1 Å². The number of nitrogens with zero attached hydrogens (tertiary/aromatic N) is 5. The summed E-state index contributed by atoms with van der Waals surface area (Å²) in [7, 11) is 0. The largest absolute Gasteiger partial charge is 0.387 e. The number of carbonyl (C=O) groups is 1. The number of urea groups is 1. The molecule has 0 spiro atoms. The summed E-state index contributed by atoms with van der Waals surface area (Å²) >= 11 is 0. The summed E-state index contributed by atoms with van der Waals surface area (Å²) in [5, 5.41) is 31.0. The van der Waals surface area contributed by atoms with Crippen LogP contribution in [0.15, 0.2) is 36.9 Å². The smallest absolute Gasteiger partial charge is 0.319 e. The second kappa shape index (κ2) is 15.1. The topological polar surface area (TPSA) is 176 Å². The van der Waals surface area contributed by atoms with Gasteiger partial charge in [-0.1, -0.05) is 32.9 Å². The minimum Gasteiger partial charge on any atom is -0.387 e. The van der Waals surface area contributed by atoms with E-state index < -0.39 is 24.5 Å². The molecule has 2 aromatic heterocycles. The van der Waals surface area contributed by atoms with Gasteiger partial charge in [-0.15, -0.1) is 0 Å². The average molecular weight is 612 g/mol. The van der Waals surface area contributed by atoms with E-state index in [1.54, 1.807) is 10.9 Å². The number of benzene rings is 1. The van der Waals surface area contributed by atoms with Crippen LogP contribution in [0.5, 0.6) is 0 Å². The van der Waals surface area contributed by atoms with Crippen molar-refractivity contribution < 1.29 is 19.7 Å². The number of rotatable bonds is 14.